The van der Waals surface area contributed by atoms with Gasteiger partial charge >= 0.3 is 0 Å². The summed E-state index contributed by atoms with van der Waals surface area (Å²) in [5, 5.41) is 2.69. The van der Waals surface area contributed by atoms with Crippen LogP contribution in [0.25, 0.3) is 0 Å². The Hall–Kier alpha value is -3.26. The van der Waals surface area contributed by atoms with Gasteiger partial charge < -0.3 is 19.8 Å². The standard InChI is InChI=1S/C21H21N3O4S/c1-14(20(26)23-17-10-6-7-11-18(17)27-2)29-21-22-15(12-19(25)24-21)13-28-16-8-4-3-5-9-16/h3-12,14H,13H2,1-2H3,(H,23,26)(H,22,24,25). The van der Waals surface area contributed by atoms with Crippen LogP contribution in [0.2, 0.25) is 0 Å². The average Bonchev–Trinajstić information content (AvgIpc) is 2.73. The third-order valence-corrected chi connectivity index (χ3v) is 4.91. The number of thioether (sulfide) groups is 1. The van der Waals surface area contributed by atoms with E-state index in [1.165, 1.54) is 6.07 Å². The monoisotopic (exact) mass is 411 g/mol. The summed E-state index contributed by atoms with van der Waals surface area (Å²) in [5.74, 6) is 1.03. The Morgan fingerprint density at radius 2 is 1.90 bits per heavy atom. The van der Waals surface area contributed by atoms with Crippen LogP contribution in [0.1, 0.15) is 12.6 Å². The van der Waals surface area contributed by atoms with Gasteiger partial charge in [0.25, 0.3) is 5.56 Å². The number of aromatic amines is 1. The molecule has 150 valence electrons. The molecule has 8 heteroatoms. The van der Waals surface area contributed by atoms with Crippen LogP contribution in [-0.2, 0) is 11.4 Å². The van der Waals surface area contributed by atoms with E-state index in [0.29, 0.717) is 28.0 Å². The van der Waals surface area contributed by atoms with Crippen LogP contribution in [0.3, 0.4) is 0 Å². The Bertz CT molecular complexity index is 1020. The Labute approximate surface area is 172 Å². The predicted molar refractivity (Wildman–Crippen MR) is 113 cm³/mol. The molecular weight excluding hydrogens is 390 g/mol. The van der Waals surface area contributed by atoms with Gasteiger partial charge in [-0.15, -0.1) is 0 Å². The van der Waals surface area contributed by atoms with Gasteiger partial charge in [-0.05, 0) is 31.2 Å². The first-order valence-electron chi connectivity index (χ1n) is 8.94. The van der Waals surface area contributed by atoms with Crippen molar-refractivity contribution >= 4 is 23.4 Å². The fourth-order valence-corrected chi connectivity index (χ4v) is 3.32. The quantitative estimate of drug-likeness (QED) is 0.435. The zero-order valence-electron chi connectivity index (χ0n) is 16.0. The number of H-pyrrole nitrogens is 1. The number of ether oxygens (including phenoxy) is 2. The van der Waals surface area contributed by atoms with E-state index in [2.05, 4.69) is 15.3 Å². The number of hydrogen-bond acceptors (Lipinski definition) is 6. The van der Waals surface area contributed by atoms with E-state index < -0.39 is 5.25 Å². The molecule has 0 saturated carbocycles. The molecule has 0 radical (unpaired) electrons. The van der Waals surface area contributed by atoms with Crippen molar-refractivity contribution in [2.75, 3.05) is 12.4 Å². The third kappa shape index (κ3) is 5.86. The lowest BCUT2D eigenvalue weighted by atomic mass is 10.3. The Morgan fingerprint density at radius 1 is 1.17 bits per heavy atom. The Balaban J connectivity index is 1.65. The lowest BCUT2D eigenvalue weighted by molar-refractivity contribution is -0.115. The number of hydrogen-bond donors (Lipinski definition) is 2. The smallest absolute Gasteiger partial charge is 0.251 e. The van der Waals surface area contributed by atoms with E-state index in [4.69, 9.17) is 9.47 Å². The van der Waals surface area contributed by atoms with E-state index >= 15 is 0 Å². The molecule has 1 aromatic heterocycles. The zero-order valence-corrected chi connectivity index (χ0v) is 16.9. The zero-order chi connectivity index (χ0) is 20.6. The number of benzene rings is 2. The van der Waals surface area contributed by atoms with Gasteiger partial charge in [-0.1, -0.05) is 42.1 Å². The topological polar surface area (TPSA) is 93.3 Å². The van der Waals surface area contributed by atoms with E-state index in [-0.39, 0.29) is 18.1 Å². The molecule has 0 aliphatic heterocycles. The summed E-state index contributed by atoms with van der Waals surface area (Å²) >= 11 is 1.16. The second-order valence-corrected chi connectivity index (χ2v) is 7.42. The van der Waals surface area contributed by atoms with E-state index in [9.17, 15) is 9.59 Å². The van der Waals surface area contributed by atoms with Crippen LogP contribution < -0.4 is 20.3 Å². The molecular formula is C21H21N3O4S. The van der Waals surface area contributed by atoms with Gasteiger partial charge in [0.15, 0.2) is 5.16 Å². The van der Waals surface area contributed by atoms with Crippen molar-refractivity contribution in [1.82, 2.24) is 9.97 Å². The highest BCUT2D eigenvalue weighted by Gasteiger charge is 2.18. The van der Waals surface area contributed by atoms with Crippen molar-refractivity contribution in [3.63, 3.8) is 0 Å². The van der Waals surface area contributed by atoms with Gasteiger partial charge in [0.05, 0.1) is 23.7 Å². The highest BCUT2D eigenvalue weighted by Crippen LogP contribution is 2.25. The molecule has 1 heterocycles. The number of rotatable bonds is 8. The van der Waals surface area contributed by atoms with Crippen molar-refractivity contribution < 1.29 is 14.3 Å². The number of carbonyl (C=O) groups is 1. The fourth-order valence-electron chi connectivity index (χ4n) is 2.49. The maximum atomic E-state index is 12.5. The fraction of sp³-hybridized carbons (Fsp3) is 0.190. The molecule has 7 nitrogen and oxygen atoms in total. The minimum atomic E-state index is -0.492. The second-order valence-electron chi connectivity index (χ2n) is 6.09. The van der Waals surface area contributed by atoms with Crippen molar-refractivity contribution in [2.45, 2.75) is 23.9 Å². The molecule has 1 atom stereocenters. The van der Waals surface area contributed by atoms with Gasteiger partial charge in [0.2, 0.25) is 5.91 Å². The summed E-state index contributed by atoms with van der Waals surface area (Å²) in [6.45, 7) is 1.89. The number of amides is 1. The normalized spacial score (nSPS) is 11.5. The number of nitrogens with zero attached hydrogens (tertiary/aromatic N) is 1. The van der Waals surface area contributed by atoms with Crippen LogP contribution in [0.15, 0.2) is 70.6 Å². The third-order valence-electron chi connectivity index (χ3n) is 3.93. The van der Waals surface area contributed by atoms with Crippen LogP contribution >= 0.6 is 11.8 Å². The SMILES string of the molecule is COc1ccccc1NC(=O)C(C)Sc1nc(COc2ccccc2)cc(=O)[nH]1. The summed E-state index contributed by atoms with van der Waals surface area (Å²) in [6, 6.07) is 17.8. The van der Waals surface area contributed by atoms with E-state index in [1.54, 1.807) is 26.2 Å². The molecule has 2 N–H and O–H groups in total. The summed E-state index contributed by atoms with van der Waals surface area (Å²) in [7, 11) is 1.54. The molecule has 2 aromatic carbocycles. The summed E-state index contributed by atoms with van der Waals surface area (Å²) in [5.41, 5.74) is 0.767. The minimum absolute atomic E-state index is 0.156. The molecule has 1 unspecified atom stereocenters. The number of aromatic nitrogens is 2. The van der Waals surface area contributed by atoms with E-state index in [0.717, 1.165) is 11.8 Å². The van der Waals surface area contributed by atoms with Crippen LogP contribution in [0.5, 0.6) is 11.5 Å². The Kier molecular flexibility index (Phi) is 6.91. The highest BCUT2D eigenvalue weighted by molar-refractivity contribution is 8.00. The molecule has 0 aliphatic rings. The summed E-state index contributed by atoms with van der Waals surface area (Å²) in [6.07, 6.45) is 0. The van der Waals surface area contributed by atoms with Crippen LogP contribution in [-0.4, -0.2) is 28.2 Å². The average molecular weight is 411 g/mol. The molecule has 29 heavy (non-hydrogen) atoms. The first kappa shape index (κ1) is 20.5. The number of para-hydroxylation sites is 3. The van der Waals surface area contributed by atoms with E-state index in [1.807, 2.05) is 42.5 Å². The van der Waals surface area contributed by atoms with Gasteiger partial charge in [-0.2, -0.15) is 0 Å². The number of anilines is 1. The van der Waals surface area contributed by atoms with Crippen molar-refractivity contribution in [3.05, 3.63) is 76.7 Å². The van der Waals surface area contributed by atoms with Crippen LogP contribution in [0.4, 0.5) is 5.69 Å². The van der Waals surface area contributed by atoms with Crippen molar-refractivity contribution in [3.8, 4) is 11.5 Å². The van der Waals surface area contributed by atoms with Crippen molar-refractivity contribution in [1.29, 1.82) is 0 Å². The second kappa shape index (κ2) is 9.79. The predicted octanol–water partition coefficient (Wildman–Crippen LogP) is 3.48. The lowest BCUT2D eigenvalue weighted by Crippen LogP contribution is -2.23. The number of methoxy groups -OCH3 is 1. The first-order chi connectivity index (χ1) is 14.0. The molecule has 0 fully saturated rings. The lowest BCUT2D eigenvalue weighted by Gasteiger charge is -2.14. The number of nitrogens with one attached hydrogen (secondary N) is 2. The molecule has 0 aliphatic carbocycles. The van der Waals surface area contributed by atoms with Gasteiger partial charge in [0, 0.05) is 6.07 Å². The maximum Gasteiger partial charge on any atom is 0.251 e. The Morgan fingerprint density at radius 3 is 2.66 bits per heavy atom. The maximum absolute atomic E-state index is 12.5. The first-order valence-corrected chi connectivity index (χ1v) is 9.82. The van der Waals surface area contributed by atoms with Crippen LogP contribution in [0, 0.1) is 0 Å². The molecule has 0 spiro atoms. The van der Waals surface area contributed by atoms with Crippen molar-refractivity contribution in [2.24, 2.45) is 0 Å². The molecule has 3 rings (SSSR count). The van der Waals surface area contributed by atoms with Gasteiger partial charge in [-0.25, -0.2) is 4.98 Å². The molecule has 1 amide bonds. The highest BCUT2D eigenvalue weighted by atomic mass is 32.2. The largest absolute Gasteiger partial charge is 0.495 e. The van der Waals surface area contributed by atoms with Gasteiger partial charge in [0.1, 0.15) is 18.1 Å². The number of carbonyl (C=O) groups excluding carboxylic acids is 1. The summed E-state index contributed by atoms with van der Waals surface area (Å²) < 4.78 is 10.9. The summed E-state index contributed by atoms with van der Waals surface area (Å²) in [4.78, 5) is 31.5. The minimum Gasteiger partial charge on any atom is -0.495 e. The molecule has 0 bridgehead atoms. The molecule has 0 saturated heterocycles. The molecule has 3 aromatic rings. The van der Waals surface area contributed by atoms with Gasteiger partial charge in [-0.3, -0.25) is 9.59 Å².